The van der Waals surface area contributed by atoms with Crippen molar-refractivity contribution in [2.75, 3.05) is 13.2 Å². The third-order valence-corrected chi connectivity index (χ3v) is 6.60. The van der Waals surface area contributed by atoms with Gasteiger partial charge in [0, 0.05) is 18.5 Å². The summed E-state index contributed by atoms with van der Waals surface area (Å²) in [6.07, 6.45) is 1.80. The van der Waals surface area contributed by atoms with Gasteiger partial charge in [-0.3, -0.25) is 4.79 Å². The number of carbonyl (C=O) groups is 2. The maximum absolute atomic E-state index is 12.8. The summed E-state index contributed by atoms with van der Waals surface area (Å²) in [4.78, 5) is 25.9. The molecule has 1 saturated carbocycles. The molecule has 1 heterocycles. The molecule has 1 saturated heterocycles. The van der Waals surface area contributed by atoms with E-state index in [-0.39, 0.29) is 29.9 Å². The second-order valence-electron chi connectivity index (χ2n) is 8.22. The van der Waals surface area contributed by atoms with E-state index in [1.807, 2.05) is 24.3 Å². The zero-order chi connectivity index (χ0) is 19.3. The number of carboxylic acid groups (broad SMARTS) is 1. The first-order valence-corrected chi connectivity index (χ1v) is 9.96. The van der Waals surface area contributed by atoms with E-state index in [0.717, 1.165) is 6.42 Å². The van der Waals surface area contributed by atoms with Crippen molar-refractivity contribution in [2.45, 2.75) is 31.2 Å². The number of ether oxygens (including phenoxy) is 1. The minimum Gasteiger partial charge on any atom is -0.481 e. The summed E-state index contributed by atoms with van der Waals surface area (Å²) in [5.74, 6) is -0.760. The Morgan fingerprint density at radius 1 is 0.964 bits per heavy atom. The smallest absolute Gasteiger partial charge is 0.410 e. The number of aliphatic carboxylic acids is 1. The first kappa shape index (κ1) is 17.3. The molecule has 5 heteroatoms. The van der Waals surface area contributed by atoms with Gasteiger partial charge in [-0.15, -0.1) is 0 Å². The molecule has 2 fully saturated rings. The minimum atomic E-state index is -0.746. The van der Waals surface area contributed by atoms with Crippen LogP contribution in [0.2, 0.25) is 0 Å². The van der Waals surface area contributed by atoms with Crippen LogP contribution in [0, 0.1) is 11.8 Å². The van der Waals surface area contributed by atoms with Crippen LogP contribution in [0.4, 0.5) is 4.79 Å². The minimum absolute atomic E-state index is 0.00417. The fourth-order valence-corrected chi connectivity index (χ4v) is 5.34. The molecular weight excluding hydrogens is 354 g/mol. The highest BCUT2D eigenvalue weighted by Crippen LogP contribution is 2.45. The fraction of sp³-hybridized carbons (Fsp3) is 0.391. The van der Waals surface area contributed by atoms with Gasteiger partial charge in [0.15, 0.2) is 0 Å². The van der Waals surface area contributed by atoms with Crippen molar-refractivity contribution in [3.8, 4) is 11.1 Å². The molecular formula is C23H23NO4. The molecule has 2 aromatic rings. The Bertz CT molecular complexity index is 894. The van der Waals surface area contributed by atoms with E-state index in [1.165, 1.54) is 22.3 Å². The van der Waals surface area contributed by atoms with E-state index >= 15 is 0 Å². The molecule has 28 heavy (non-hydrogen) atoms. The molecule has 2 bridgehead atoms. The monoisotopic (exact) mass is 377 g/mol. The second kappa shape index (κ2) is 6.66. The average Bonchev–Trinajstić information content (AvgIpc) is 3.19. The molecule has 1 N–H and O–H groups in total. The third kappa shape index (κ3) is 2.77. The number of nitrogens with zero attached hydrogens (tertiary/aromatic N) is 1. The number of benzene rings is 2. The van der Waals surface area contributed by atoms with Gasteiger partial charge < -0.3 is 14.7 Å². The molecule has 2 aromatic carbocycles. The van der Waals surface area contributed by atoms with Crippen molar-refractivity contribution in [2.24, 2.45) is 11.8 Å². The molecule has 0 unspecified atom stereocenters. The van der Waals surface area contributed by atoms with E-state index in [4.69, 9.17) is 4.74 Å². The Morgan fingerprint density at radius 3 is 2.25 bits per heavy atom. The lowest BCUT2D eigenvalue weighted by Crippen LogP contribution is -2.38. The summed E-state index contributed by atoms with van der Waals surface area (Å²) >= 11 is 0. The van der Waals surface area contributed by atoms with Gasteiger partial charge in [0.05, 0.1) is 5.92 Å². The van der Waals surface area contributed by atoms with E-state index in [2.05, 4.69) is 24.3 Å². The van der Waals surface area contributed by atoms with Gasteiger partial charge in [0.1, 0.15) is 6.61 Å². The molecule has 0 aromatic heterocycles. The molecule has 1 aliphatic heterocycles. The molecule has 144 valence electrons. The number of fused-ring (bicyclic) bond motifs is 5. The maximum atomic E-state index is 12.8. The Morgan fingerprint density at radius 2 is 1.61 bits per heavy atom. The summed E-state index contributed by atoms with van der Waals surface area (Å²) in [6, 6.07) is 16.6. The Labute approximate surface area is 163 Å². The predicted octanol–water partition coefficient (Wildman–Crippen LogP) is 4.12. The first-order chi connectivity index (χ1) is 13.6. The van der Waals surface area contributed by atoms with Crippen LogP contribution < -0.4 is 0 Å². The highest BCUT2D eigenvalue weighted by atomic mass is 16.6. The highest BCUT2D eigenvalue weighted by Gasteiger charge is 2.44. The molecule has 3 aliphatic rings. The molecule has 5 rings (SSSR count). The van der Waals surface area contributed by atoms with Gasteiger partial charge in [-0.2, -0.15) is 0 Å². The van der Waals surface area contributed by atoms with Crippen molar-refractivity contribution < 1.29 is 19.4 Å². The highest BCUT2D eigenvalue weighted by molar-refractivity contribution is 5.79. The van der Waals surface area contributed by atoms with E-state index < -0.39 is 5.97 Å². The van der Waals surface area contributed by atoms with E-state index in [0.29, 0.717) is 26.0 Å². The van der Waals surface area contributed by atoms with Gasteiger partial charge in [0.25, 0.3) is 0 Å². The van der Waals surface area contributed by atoms with Crippen LogP contribution in [0.15, 0.2) is 48.5 Å². The topological polar surface area (TPSA) is 66.8 Å². The average molecular weight is 377 g/mol. The van der Waals surface area contributed by atoms with Crippen LogP contribution in [-0.2, 0) is 9.53 Å². The Hall–Kier alpha value is -2.82. The normalized spacial score (nSPS) is 25.3. The second-order valence-corrected chi connectivity index (χ2v) is 8.22. The Balaban J connectivity index is 1.31. The zero-order valence-electron chi connectivity index (χ0n) is 15.6. The van der Waals surface area contributed by atoms with Crippen molar-refractivity contribution in [1.29, 1.82) is 0 Å². The molecule has 1 amide bonds. The fourth-order valence-electron chi connectivity index (χ4n) is 5.34. The number of carboxylic acids is 1. The molecule has 5 nitrogen and oxygen atoms in total. The third-order valence-electron chi connectivity index (χ3n) is 6.60. The molecule has 0 spiro atoms. The van der Waals surface area contributed by atoms with E-state index in [9.17, 15) is 14.7 Å². The summed E-state index contributed by atoms with van der Waals surface area (Å²) in [7, 11) is 0. The van der Waals surface area contributed by atoms with Crippen LogP contribution in [0.1, 0.15) is 36.3 Å². The van der Waals surface area contributed by atoms with Crippen LogP contribution in [0.5, 0.6) is 0 Å². The lowest BCUT2D eigenvalue weighted by molar-refractivity contribution is -0.143. The standard InChI is InChI=1S/C23H23NO4/c25-22(26)15-9-14-10-16(11-15)24(12-14)23(27)28-13-21-19-7-3-1-5-17(19)18-6-2-4-8-20(18)21/h1-8,14-16,21H,9-13H2,(H,25,26)/t14-,15-,16-/m1/s1. The van der Waals surface area contributed by atoms with Crippen molar-refractivity contribution >= 4 is 12.1 Å². The molecule has 3 atom stereocenters. The SMILES string of the molecule is O=C(O)[C@@H]1C[C@@H]2C[C@H](C1)N(C(=O)OCC1c3ccccc3-c3ccccc31)C2. The van der Waals surface area contributed by atoms with Crippen LogP contribution in [0.25, 0.3) is 11.1 Å². The van der Waals surface area contributed by atoms with Gasteiger partial charge in [-0.05, 0) is 47.4 Å². The number of carbonyl (C=O) groups excluding carboxylic acids is 1. The number of hydrogen-bond acceptors (Lipinski definition) is 3. The zero-order valence-corrected chi connectivity index (χ0v) is 15.6. The molecule has 2 aliphatic carbocycles. The number of amides is 1. The van der Waals surface area contributed by atoms with Gasteiger partial charge in [0.2, 0.25) is 0 Å². The first-order valence-electron chi connectivity index (χ1n) is 9.96. The van der Waals surface area contributed by atoms with Gasteiger partial charge in [-0.1, -0.05) is 48.5 Å². The summed E-state index contributed by atoms with van der Waals surface area (Å²) < 4.78 is 5.77. The predicted molar refractivity (Wildman–Crippen MR) is 104 cm³/mol. The summed E-state index contributed by atoms with van der Waals surface area (Å²) in [5, 5.41) is 9.32. The summed E-state index contributed by atoms with van der Waals surface area (Å²) in [6.45, 7) is 0.925. The number of hydrogen-bond donors (Lipinski definition) is 1. The van der Waals surface area contributed by atoms with Gasteiger partial charge in [-0.25, -0.2) is 4.79 Å². The van der Waals surface area contributed by atoms with Crippen LogP contribution >= 0.6 is 0 Å². The number of likely N-dealkylation sites (tertiary alicyclic amines) is 1. The summed E-state index contributed by atoms with van der Waals surface area (Å²) in [5.41, 5.74) is 4.81. The Kier molecular flexibility index (Phi) is 4.11. The lowest BCUT2D eigenvalue weighted by atomic mass is 9.82. The van der Waals surface area contributed by atoms with E-state index in [1.54, 1.807) is 4.90 Å². The van der Waals surface area contributed by atoms with Crippen LogP contribution in [0.3, 0.4) is 0 Å². The van der Waals surface area contributed by atoms with Gasteiger partial charge >= 0.3 is 12.1 Å². The van der Waals surface area contributed by atoms with Crippen molar-refractivity contribution in [3.63, 3.8) is 0 Å². The number of rotatable bonds is 3. The van der Waals surface area contributed by atoms with Crippen molar-refractivity contribution in [3.05, 3.63) is 59.7 Å². The largest absolute Gasteiger partial charge is 0.481 e. The lowest BCUT2D eigenvalue weighted by Gasteiger charge is -2.27. The van der Waals surface area contributed by atoms with Crippen LogP contribution in [-0.4, -0.2) is 41.3 Å². The van der Waals surface area contributed by atoms with Crippen molar-refractivity contribution in [1.82, 2.24) is 4.90 Å². The maximum Gasteiger partial charge on any atom is 0.410 e. The quantitative estimate of drug-likeness (QED) is 0.874. The molecule has 0 radical (unpaired) electrons.